The first-order chi connectivity index (χ1) is 13.3. The van der Waals surface area contributed by atoms with Crippen molar-refractivity contribution in [2.24, 2.45) is 0 Å². The molecule has 1 aliphatic rings. The van der Waals surface area contributed by atoms with Gasteiger partial charge in [0.05, 0.1) is 11.6 Å². The SMILES string of the molecule is Cc1ccccc1-c1cccc2nc(N[C@@H]3CCc4ccccc43)ccc12. The molecule has 3 aromatic carbocycles. The van der Waals surface area contributed by atoms with E-state index in [2.05, 4.69) is 91.1 Å². The van der Waals surface area contributed by atoms with Crippen LogP contribution in [0.2, 0.25) is 0 Å². The average Bonchev–Trinajstić information content (AvgIpc) is 3.11. The number of aromatic nitrogens is 1. The molecule has 0 fully saturated rings. The molecule has 0 unspecified atom stereocenters. The van der Waals surface area contributed by atoms with Crippen LogP contribution in [0.15, 0.2) is 78.9 Å². The molecule has 4 aromatic rings. The number of hydrogen-bond donors (Lipinski definition) is 1. The molecule has 2 nitrogen and oxygen atoms in total. The average molecular weight is 350 g/mol. The van der Waals surface area contributed by atoms with Gasteiger partial charge in [-0.3, -0.25) is 0 Å². The minimum Gasteiger partial charge on any atom is -0.363 e. The summed E-state index contributed by atoms with van der Waals surface area (Å²) in [7, 11) is 0. The number of pyridine rings is 1. The smallest absolute Gasteiger partial charge is 0.127 e. The van der Waals surface area contributed by atoms with Gasteiger partial charge < -0.3 is 5.32 Å². The van der Waals surface area contributed by atoms with Gasteiger partial charge >= 0.3 is 0 Å². The Balaban J connectivity index is 1.51. The summed E-state index contributed by atoms with van der Waals surface area (Å²) in [6, 6.07) is 28.3. The zero-order valence-corrected chi connectivity index (χ0v) is 15.4. The summed E-state index contributed by atoms with van der Waals surface area (Å²) in [5.41, 5.74) is 7.71. The fraction of sp³-hybridized carbons (Fsp3) is 0.160. The van der Waals surface area contributed by atoms with Crippen LogP contribution in [0, 0.1) is 6.92 Å². The fourth-order valence-corrected chi connectivity index (χ4v) is 4.23. The maximum absolute atomic E-state index is 4.92. The van der Waals surface area contributed by atoms with E-state index in [4.69, 9.17) is 4.98 Å². The predicted molar refractivity (Wildman–Crippen MR) is 113 cm³/mol. The summed E-state index contributed by atoms with van der Waals surface area (Å²) in [5, 5.41) is 4.85. The Hall–Kier alpha value is -3.13. The van der Waals surface area contributed by atoms with Crippen LogP contribution in [-0.4, -0.2) is 4.98 Å². The van der Waals surface area contributed by atoms with Crippen LogP contribution in [0.25, 0.3) is 22.0 Å². The number of nitrogens with one attached hydrogen (secondary N) is 1. The minimum absolute atomic E-state index is 0.353. The van der Waals surface area contributed by atoms with Gasteiger partial charge in [0.15, 0.2) is 0 Å². The molecule has 0 amide bonds. The molecular formula is C25H22N2. The quantitative estimate of drug-likeness (QED) is 0.468. The normalized spacial score (nSPS) is 15.7. The molecule has 27 heavy (non-hydrogen) atoms. The molecule has 1 N–H and O–H groups in total. The van der Waals surface area contributed by atoms with Crippen LogP contribution in [0.4, 0.5) is 5.82 Å². The fourth-order valence-electron chi connectivity index (χ4n) is 4.23. The summed E-state index contributed by atoms with van der Waals surface area (Å²) in [5.74, 6) is 0.950. The third kappa shape index (κ3) is 2.87. The number of anilines is 1. The standard InChI is InChI=1S/C25H22N2/c1-17-7-2-4-9-19(17)21-11-6-12-23-22(21)14-16-25(26-23)27-24-15-13-18-8-3-5-10-20(18)24/h2-12,14,16,24H,13,15H2,1H3,(H,26,27)/t24-/m1/s1. The Bertz CT molecular complexity index is 1130. The second kappa shape index (κ2) is 6.55. The second-order valence-electron chi connectivity index (χ2n) is 7.32. The van der Waals surface area contributed by atoms with Gasteiger partial charge in [-0.25, -0.2) is 4.98 Å². The van der Waals surface area contributed by atoms with Gasteiger partial charge in [-0.15, -0.1) is 0 Å². The van der Waals surface area contributed by atoms with Crippen LogP contribution in [0.3, 0.4) is 0 Å². The first kappa shape index (κ1) is 16.1. The molecule has 5 rings (SSSR count). The maximum Gasteiger partial charge on any atom is 0.127 e. The third-order valence-corrected chi connectivity index (χ3v) is 5.62. The number of fused-ring (bicyclic) bond motifs is 2. The molecule has 1 heterocycles. The second-order valence-corrected chi connectivity index (χ2v) is 7.32. The Morgan fingerprint density at radius 3 is 2.56 bits per heavy atom. The molecule has 2 heteroatoms. The Morgan fingerprint density at radius 2 is 1.63 bits per heavy atom. The van der Waals surface area contributed by atoms with E-state index in [1.54, 1.807) is 0 Å². The highest BCUT2D eigenvalue weighted by atomic mass is 15.0. The highest BCUT2D eigenvalue weighted by Crippen LogP contribution is 2.35. The first-order valence-corrected chi connectivity index (χ1v) is 9.60. The molecular weight excluding hydrogens is 328 g/mol. The molecule has 0 radical (unpaired) electrons. The molecule has 1 atom stereocenters. The van der Waals surface area contributed by atoms with Crippen LogP contribution < -0.4 is 5.32 Å². The summed E-state index contributed by atoms with van der Waals surface area (Å²) >= 11 is 0. The summed E-state index contributed by atoms with van der Waals surface area (Å²) < 4.78 is 0. The van der Waals surface area contributed by atoms with Crippen LogP contribution in [0.1, 0.15) is 29.2 Å². The van der Waals surface area contributed by atoms with Crippen molar-refractivity contribution in [3.05, 3.63) is 95.6 Å². The molecule has 0 saturated heterocycles. The number of rotatable bonds is 3. The predicted octanol–water partition coefficient (Wildman–Crippen LogP) is 6.31. The van der Waals surface area contributed by atoms with E-state index in [1.807, 2.05) is 0 Å². The van der Waals surface area contributed by atoms with Gasteiger partial charge in [0.25, 0.3) is 0 Å². The van der Waals surface area contributed by atoms with Crippen LogP contribution >= 0.6 is 0 Å². The molecule has 0 bridgehead atoms. The van der Waals surface area contributed by atoms with E-state index in [-0.39, 0.29) is 0 Å². The van der Waals surface area contributed by atoms with Gasteiger partial charge in [0, 0.05) is 5.39 Å². The minimum atomic E-state index is 0.353. The Labute approximate surface area is 159 Å². The molecule has 1 aliphatic carbocycles. The Kier molecular flexibility index (Phi) is 3.90. The van der Waals surface area contributed by atoms with Crippen molar-refractivity contribution in [3.63, 3.8) is 0 Å². The van der Waals surface area contributed by atoms with E-state index in [1.165, 1.54) is 33.2 Å². The van der Waals surface area contributed by atoms with E-state index in [0.29, 0.717) is 6.04 Å². The lowest BCUT2D eigenvalue weighted by molar-refractivity contribution is 0.758. The molecule has 0 spiro atoms. The van der Waals surface area contributed by atoms with E-state index < -0.39 is 0 Å². The lowest BCUT2D eigenvalue weighted by atomic mass is 9.97. The highest BCUT2D eigenvalue weighted by molar-refractivity contribution is 5.96. The molecule has 132 valence electrons. The van der Waals surface area contributed by atoms with Crippen molar-refractivity contribution in [2.45, 2.75) is 25.8 Å². The molecule has 1 aromatic heterocycles. The van der Waals surface area contributed by atoms with Gasteiger partial charge in [-0.1, -0.05) is 60.7 Å². The third-order valence-electron chi connectivity index (χ3n) is 5.62. The lowest BCUT2D eigenvalue weighted by Crippen LogP contribution is -2.08. The van der Waals surface area contributed by atoms with Gasteiger partial charge in [-0.2, -0.15) is 0 Å². The zero-order chi connectivity index (χ0) is 18.2. The number of hydrogen-bond acceptors (Lipinski definition) is 2. The van der Waals surface area contributed by atoms with Crippen molar-refractivity contribution in [2.75, 3.05) is 5.32 Å². The summed E-state index contributed by atoms with van der Waals surface area (Å²) in [4.78, 5) is 4.92. The van der Waals surface area contributed by atoms with E-state index in [0.717, 1.165) is 24.2 Å². The van der Waals surface area contributed by atoms with Crippen LogP contribution in [0.5, 0.6) is 0 Å². The van der Waals surface area contributed by atoms with E-state index in [9.17, 15) is 0 Å². The molecule has 0 saturated carbocycles. The van der Waals surface area contributed by atoms with Gasteiger partial charge in [-0.05, 0) is 65.8 Å². The number of benzene rings is 3. The molecule has 0 aliphatic heterocycles. The van der Waals surface area contributed by atoms with E-state index >= 15 is 0 Å². The first-order valence-electron chi connectivity index (χ1n) is 9.60. The summed E-state index contributed by atoms with van der Waals surface area (Å²) in [6.45, 7) is 2.16. The van der Waals surface area contributed by atoms with Gasteiger partial charge in [0.2, 0.25) is 0 Å². The van der Waals surface area contributed by atoms with Crippen molar-refractivity contribution in [1.29, 1.82) is 0 Å². The maximum atomic E-state index is 4.92. The van der Waals surface area contributed by atoms with Crippen LogP contribution in [-0.2, 0) is 6.42 Å². The topological polar surface area (TPSA) is 24.9 Å². The van der Waals surface area contributed by atoms with Crippen molar-refractivity contribution >= 4 is 16.7 Å². The van der Waals surface area contributed by atoms with Crippen molar-refractivity contribution < 1.29 is 0 Å². The number of nitrogens with zero attached hydrogens (tertiary/aromatic N) is 1. The zero-order valence-electron chi connectivity index (χ0n) is 15.4. The van der Waals surface area contributed by atoms with Crippen molar-refractivity contribution in [1.82, 2.24) is 4.98 Å². The largest absolute Gasteiger partial charge is 0.363 e. The number of aryl methyl sites for hydroxylation is 2. The van der Waals surface area contributed by atoms with Gasteiger partial charge in [0.1, 0.15) is 5.82 Å². The van der Waals surface area contributed by atoms with Crippen molar-refractivity contribution in [3.8, 4) is 11.1 Å². The monoisotopic (exact) mass is 350 g/mol. The summed E-state index contributed by atoms with van der Waals surface area (Å²) in [6.07, 6.45) is 2.27. The highest BCUT2D eigenvalue weighted by Gasteiger charge is 2.22. The Morgan fingerprint density at radius 1 is 0.815 bits per heavy atom. The lowest BCUT2D eigenvalue weighted by Gasteiger charge is -2.16.